The van der Waals surface area contributed by atoms with Gasteiger partial charge in [0.1, 0.15) is 6.04 Å². The molecule has 0 saturated heterocycles. The second kappa shape index (κ2) is 3.87. The highest BCUT2D eigenvalue weighted by Gasteiger charge is 2.19. The zero-order valence-corrected chi connectivity index (χ0v) is 8.30. The largest absolute Gasteiger partial charge is 0.325 e. The van der Waals surface area contributed by atoms with Crippen LogP contribution >= 0.6 is 0 Å². The lowest BCUT2D eigenvalue weighted by Gasteiger charge is -2.17. The summed E-state index contributed by atoms with van der Waals surface area (Å²) < 4.78 is 0. The van der Waals surface area contributed by atoms with Gasteiger partial charge in [0, 0.05) is 14.1 Å². The van der Waals surface area contributed by atoms with E-state index >= 15 is 0 Å². The van der Waals surface area contributed by atoms with Crippen LogP contribution in [-0.4, -0.2) is 38.9 Å². The second-order valence-electron chi connectivity index (χ2n) is 2.94. The zero-order chi connectivity index (χ0) is 10.7. The first-order valence-corrected chi connectivity index (χ1v) is 4.09. The summed E-state index contributed by atoms with van der Waals surface area (Å²) in [5, 5.41) is 16.3. The third-order valence-electron chi connectivity index (χ3n) is 1.91. The van der Waals surface area contributed by atoms with Gasteiger partial charge in [0.25, 0.3) is 5.91 Å². The molecule has 0 radical (unpaired) electrons. The molecule has 6 nitrogen and oxygen atoms in total. The molecule has 6 heteroatoms. The predicted octanol–water partition coefficient (Wildman–Crippen LogP) is -0.201. The second-order valence-corrected chi connectivity index (χ2v) is 2.94. The monoisotopic (exact) mass is 193 g/mol. The molecule has 1 unspecified atom stereocenters. The lowest BCUT2D eigenvalue weighted by molar-refractivity contribution is 0.0766. The molecule has 0 spiro atoms. The Balaban J connectivity index is 2.81. The van der Waals surface area contributed by atoms with Gasteiger partial charge >= 0.3 is 0 Å². The van der Waals surface area contributed by atoms with Crippen LogP contribution in [0.2, 0.25) is 0 Å². The van der Waals surface area contributed by atoms with Crippen LogP contribution in [0.15, 0.2) is 6.20 Å². The third kappa shape index (κ3) is 1.88. The van der Waals surface area contributed by atoms with Crippen LogP contribution in [0.25, 0.3) is 0 Å². The van der Waals surface area contributed by atoms with Crippen molar-refractivity contribution in [3.8, 4) is 6.07 Å². The lowest BCUT2D eigenvalue weighted by atomic mass is 10.3. The molecule has 1 rings (SSSR count). The van der Waals surface area contributed by atoms with Crippen LogP contribution in [-0.2, 0) is 7.05 Å². The Morgan fingerprint density at radius 1 is 1.79 bits per heavy atom. The highest BCUT2D eigenvalue weighted by Crippen LogP contribution is 2.01. The summed E-state index contributed by atoms with van der Waals surface area (Å²) >= 11 is 0. The Hall–Kier alpha value is -1.90. The number of aromatic nitrogens is 3. The van der Waals surface area contributed by atoms with E-state index in [9.17, 15) is 4.79 Å². The van der Waals surface area contributed by atoms with E-state index in [1.165, 1.54) is 15.9 Å². The van der Waals surface area contributed by atoms with Gasteiger partial charge < -0.3 is 4.90 Å². The van der Waals surface area contributed by atoms with Crippen molar-refractivity contribution < 1.29 is 4.79 Å². The van der Waals surface area contributed by atoms with Crippen LogP contribution in [0, 0.1) is 11.3 Å². The van der Waals surface area contributed by atoms with Crippen LogP contribution in [0.4, 0.5) is 0 Å². The summed E-state index contributed by atoms with van der Waals surface area (Å²) in [5.74, 6) is -0.299. The van der Waals surface area contributed by atoms with E-state index in [1.54, 1.807) is 21.0 Å². The highest BCUT2D eigenvalue weighted by atomic mass is 16.2. The Labute approximate surface area is 81.7 Å². The molecule has 0 aliphatic heterocycles. The molecular formula is C8H11N5O. The maximum absolute atomic E-state index is 11.6. The Bertz CT molecular complexity index is 377. The molecule has 1 heterocycles. The number of hydrogen-bond donors (Lipinski definition) is 0. The molecule has 0 aliphatic rings. The minimum Gasteiger partial charge on any atom is -0.325 e. The van der Waals surface area contributed by atoms with Crippen molar-refractivity contribution in [2.75, 3.05) is 7.05 Å². The lowest BCUT2D eigenvalue weighted by Crippen LogP contribution is -2.34. The Morgan fingerprint density at radius 3 is 2.86 bits per heavy atom. The van der Waals surface area contributed by atoms with Crippen molar-refractivity contribution in [1.29, 1.82) is 5.26 Å². The van der Waals surface area contributed by atoms with Crippen LogP contribution < -0.4 is 0 Å². The number of aryl methyl sites for hydroxylation is 1. The van der Waals surface area contributed by atoms with Gasteiger partial charge in [0.05, 0.1) is 12.3 Å². The SMILES string of the molecule is CC(C#N)N(C)C(=O)c1cnn(C)n1. The van der Waals surface area contributed by atoms with E-state index in [2.05, 4.69) is 10.2 Å². The number of nitrogens with zero attached hydrogens (tertiary/aromatic N) is 5. The van der Waals surface area contributed by atoms with Crippen LogP contribution in [0.3, 0.4) is 0 Å². The molecule has 74 valence electrons. The average Bonchev–Trinajstić information content (AvgIpc) is 2.61. The first-order valence-electron chi connectivity index (χ1n) is 4.09. The smallest absolute Gasteiger partial charge is 0.276 e. The first kappa shape index (κ1) is 10.2. The zero-order valence-electron chi connectivity index (χ0n) is 8.30. The fraction of sp³-hybridized carbons (Fsp3) is 0.500. The number of carbonyl (C=O) groups excluding carboxylic acids is 1. The van der Waals surface area contributed by atoms with Gasteiger partial charge in [-0.3, -0.25) is 4.79 Å². The summed E-state index contributed by atoms with van der Waals surface area (Å²) in [4.78, 5) is 14.2. The number of carbonyl (C=O) groups is 1. The van der Waals surface area contributed by atoms with Crippen molar-refractivity contribution in [3.63, 3.8) is 0 Å². The predicted molar refractivity (Wildman–Crippen MR) is 48.2 cm³/mol. The minimum absolute atomic E-state index is 0.247. The quantitative estimate of drug-likeness (QED) is 0.651. The first-order chi connectivity index (χ1) is 6.56. The third-order valence-corrected chi connectivity index (χ3v) is 1.91. The maximum Gasteiger partial charge on any atom is 0.276 e. The van der Waals surface area contributed by atoms with Gasteiger partial charge in [-0.25, -0.2) is 0 Å². The molecule has 0 fully saturated rings. The van der Waals surface area contributed by atoms with Gasteiger partial charge in [0.15, 0.2) is 5.69 Å². The standard InChI is InChI=1S/C8H11N5O/c1-6(4-9)12(2)8(14)7-5-10-13(3)11-7/h5-6H,1-3H3. The summed E-state index contributed by atoms with van der Waals surface area (Å²) in [5.41, 5.74) is 0.247. The molecule has 1 aromatic rings. The fourth-order valence-electron chi connectivity index (χ4n) is 0.887. The molecule has 1 atom stereocenters. The van der Waals surface area contributed by atoms with Crippen molar-refractivity contribution in [3.05, 3.63) is 11.9 Å². The molecular weight excluding hydrogens is 182 g/mol. The Morgan fingerprint density at radius 2 is 2.43 bits per heavy atom. The molecule has 0 bridgehead atoms. The van der Waals surface area contributed by atoms with Crippen molar-refractivity contribution in [1.82, 2.24) is 19.9 Å². The summed E-state index contributed by atoms with van der Waals surface area (Å²) in [7, 11) is 3.19. The van der Waals surface area contributed by atoms with Crippen LogP contribution in [0.5, 0.6) is 0 Å². The van der Waals surface area contributed by atoms with Crippen molar-refractivity contribution in [2.45, 2.75) is 13.0 Å². The number of hydrogen-bond acceptors (Lipinski definition) is 4. The van der Waals surface area contributed by atoms with Gasteiger partial charge in [-0.2, -0.15) is 15.2 Å². The van der Waals surface area contributed by atoms with Gasteiger partial charge in [-0.1, -0.05) is 0 Å². The number of amides is 1. The van der Waals surface area contributed by atoms with E-state index in [-0.39, 0.29) is 11.6 Å². The molecule has 0 saturated carbocycles. The van der Waals surface area contributed by atoms with Crippen molar-refractivity contribution >= 4 is 5.91 Å². The van der Waals surface area contributed by atoms with Gasteiger partial charge in [-0.15, -0.1) is 5.10 Å². The molecule has 0 N–H and O–H groups in total. The molecule has 1 amide bonds. The molecule has 0 aromatic carbocycles. The molecule has 14 heavy (non-hydrogen) atoms. The Kier molecular flexibility index (Phi) is 2.82. The maximum atomic E-state index is 11.6. The molecule has 1 aromatic heterocycles. The van der Waals surface area contributed by atoms with E-state index in [0.29, 0.717) is 0 Å². The highest BCUT2D eigenvalue weighted by molar-refractivity contribution is 5.92. The number of rotatable bonds is 2. The van der Waals surface area contributed by atoms with E-state index < -0.39 is 6.04 Å². The molecule has 0 aliphatic carbocycles. The average molecular weight is 193 g/mol. The summed E-state index contributed by atoms with van der Waals surface area (Å²) in [6, 6.07) is 1.50. The van der Waals surface area contributed by atoms with E-state index in [0.717, 1.165) is 0 Å². The van der Waals surface area contributed by atoms with Crippen molar-refractivity contribution in [2.24, 2.45) is 7.05 Å². The fourth-order valence-corrected chi connectivity index (χ4v) is 0.887. The minimum atomic E-state index is -0.468. The number of nitriles is 1. The normalized spacial score (nSPS) is 11.9. The topological polar surface area (TPSA) is 74.8 Å². The van der Waals surface area contributed by atoms with E-state index in [1.807, 2.05) is 6.07 Å². The summed E-state index contributed by atoms with van der Waals surface area (Å²) in [6.07, 6.45) is 1.38. The van der Waals surface area contributed by atoms with E-state index in [4.69, 9.17) is 5.26 Å². The van der Waals surface area contributed by atoms with Gasteiger partial charge in [-0.05, 0) is 6.92 Å². The van der Waals surface area contributed by atoms with Gasteiger partial charge in [0.2, 0.25) is 0 Å². The summed E-state index contributed by atoms with van der Waals surface area (Å²) in [6.45, 7) is 1.65. The van der Waals surface area contributed by atoms with Crippen LogP contribution in [0.1, 0.15) is 17.4 Å².